The minimum atomic E-state index is -1.74. The van der Waals surface area contributed by atoms with Gasteiger partial charge in [0, 0.05) is 5.92 Å². The predicted molar refractivity (Wildman–Crippen MR) is 124 cm³/mol. The molecule has 0 amide bonds. The van der Waals surface area contributed by atoms with Gasteiger partial charge >= 0.3 is 0 Å². The summed E-state index contributed by atoms with van der Waals surface area (Å²) >= 11 is 0. The molecule has 0 radical (unpaired) electrons. The Labute approximate surface area is 165 Å². The van der Waals surface area contributed by atoms with E-state index < -0.39 is 16.1 Å². The number of hydrogen-bond acceptors (Lipinski definition) is 0. The molecule has 0 aromatic heterocycles. The Hall–Kier alpha value is -2.17. The number of benzene rings is 2. The van der Waals surface area contributed by atoms with Crippen LogP contribution in [0.15, 0.2) is 107 Å². The monoisotopic (exact) mass is 384 g/mol. The van der Waals surface area contributed by atoms with Crippen molar-refractivity contribution in [3.05, 3.63) is 107 Å². The van der Waals surface area contributed by atoms with Crippen molar-refractivity contribution >= 4 is 26.5 Å². The molecule has 27 heavy (non-hydrogen) atoms. The first-order valence-electron chi connectivity index (χ1n) is 9.85. The quantitative estimate of drug-likeness (QED) is 0.630. The zero-order chi connectivity index (χ0) is 19.1. The molecule has 136 valence electrons. The molecular weight excluding hydrogens is 356 g/mol. The van der Waals surface area contributed by atoms with Crippen molar-refractivity contribution in [2.45, 2.75) is 26.2 Å². The third-order valence-corrected chi connectivity index (χ3v) is 13.6. The standard InChI is InChI=1S/C25H28Si2/c1-26(2,20-13-7-5-8-14-20)24-19-25(23-18-12-11-17-22(23)24)27(3,4)21-15-9-6-10-16-21/h5-19,22H,1-4H3. The minimum Gasteiger partial charge on any atom is -0.0733 e. The van der Waals surface area contributed by atoms with Crippen LogP contribution < -0.4 is 10.4 Å². The molecular formula is C25H28Si2. The van der Waals surface area contributed by atoms with Gasteiger partial charge in [-0.15, -0.1) is 0 Å². The molecule has 0 fully saturated rings. The van der Waals surface area contributed by atoms with E-state index in [-0.39, 0.29) is 0 Å². The van der Waals surface area contributed by atoms with E-state index in [4.69, 9.17) is 0 Å². The summed E-state index contributed by atoms with van der Waals surface area (Å²) < 4.78 is 0. The van der Waals surface area contributed by atoms with Crippen LogP contribution >= 0.6 is 0 Å². The van der Waals surface area contributed by atoms with Gasteiger partial charge in [-0.1, -0.05) is 138 Å². The van der Waals surface area contributed by atoms with Crippen LogP contribution in [0.25, 0.3) is 0 Å². The summed E-state index contributed by atoms with van der Waals surface area (Å²) in [6.45, 7) is 10.0. The summed E-state index contributed by atoms with van der Waals surface area (Å²) in [6, 6.07) is 22.3. The van der Waals surface area contributed by atoms with Crippen LogP contribution in [-0.4, -0.2) is 16.1 Å². The fraction of sp³-hybridized carbons (Fsp3) is 0.200. The van der Waals surface area contributed by atoms with Crippen molar-refractivity contribution in [2.75, 3.05) is 0 Å². The average Bonchev–Trinajstić information content (AvgIpc) is 3.11. The summed E-state index contributed by atoms with van der Waals surface area (Å²) in [4.78, 5) is 0. The second-order valence-electron chi connectivity index (χ2n) is 8.67. The molecule has 2 aromatic carbocycles. The van der Waals surface area contributed by atoms with Gasteiger partial charge in [-0.2, -0.15) is 0 Å². The second kappa shape index (κ2) is 6.77. The molecule has 1 unspecified atom stereocenters. The highest BCUT2D eigenvalue weighted by molar-refractivity contribution is 6.98. The van der Waals surface area contributed by atoms with Gasteiger partial charge in [-0.05, 0) is 5.57 Å². The second-order valence-corrected chi connectivity index (χ2v) is 17.4. The first kappa shape index (κ1) is 18.2. The van der Waals surface area contributed by atoms with Gasteiger partial charge in [0.05, 0.1) is 0 Å². The van der Waals surface area contributed by atoms with Crippen LogP contribution in [-0.2, 0) is 0 Å². The normalized spacial score (nSPS) is 19.3. The topological polar surface area (TPSA) is 0 Å². The van der Waals surface area contributed by atoms with Crippen LogP contribution in [0, 0.1) is 5.92 Å². The molecule has 4 rings (SSSR count). The number of allylic oxidation sites excluding steroid dienone is 8. The van der Waals surface area contributed by atoms with E-state index in [1.807, 2.05) is 0 Å². The molecule has 2 aliphatic carbocycles. The van der Waals surface area contributed by atoms with E-state index in [2.05, 4.69) is 117 Å². The lowest BCUT2D eigenvalue weighted by atomic mass is 9.98. The molecule has 0 aliphatic heterocycles. The van der Waals surface area contributed by atoms with E-state index in [1.165, 1.54) is 10.4 Å². The van der Waals surface area contributed by atoms with Gasteiger partial charge in [0.2, 0.25) is 0 Å². The molecule has 2 aromatic rings. The highest BCUT2D eigenvalue weighted by atomic mass is 28.3. The van der Waals surface area contributed by atoms with Crippen molar-refractivity contribution in [3.8, 4) is 0 Å². The maximum absolute atomic E-state index is 2.61. The molecule has 0 N–H and O–H groups in total. The third-order valence-electron chi connectivity index (χ3n) is 6.36. The highest BCUT2D eigenvalue weighted by Crippen LogP contribution is 2.43. The molecule has 0 spiro atoms. The molecule has 0 nitrogen and oxygen atoms in total. The van der Waals surface area contributed by atoms with E-state index in [0.717, 1.165) is 0 Å². The minimum absolute atomic E-state index is 0.461. The van der Waals surface area contributed by atoms with Crippen LogP contribution in [0.2, 0.25) is 26.2 Å². The zero-order valence-corrected chi connectivity index (χ0v) is 18.7. The Morgan fingerprint density at radius 2 is 1.22 bits per heavy atom. The van der Waals surface area contributed by atoms with Crippen molar-refractivity contribution in [3.63, 3.8) is 0 Å². The van der Waals surface area contributed by atoms with Crippen LogP contribution in [0.1, 0.15) is 0 Å². The van der Waals surface area contributed by atoms with Crippen LogP contribution in [0.3, 0.4) is 0 Å². The Kier molecular flexibility index (Phi) is 4.57. The van der Waals surface area contributed by atoms with Gasteiger partial charge in [0.15, 0.2) is 0 Å². The zero-order valence-electron chi connectivity index (χ0n) is 16.7. The Morgan fingerprint density at radius 3 is 1.81 bits per heavy atom. The number of hydrogen-bond donors (Lipinski definition) is 0. The molecule has 2 aliphatic rings. The lowest BCUT2D eigenvalue weighted by Crippen LogP contribution is -2.45. The van der Waals surface area contributed by atoms with E-state index >= 15 is 0 Å². The van der Waals surface area contributed by atoms with Gasteiger partial charge in [-0.25, -0.2) is 0 Å². The lowest BCUT2D eigenvalue weighted by Gasteiger charge is -2.30. The van der Waals surface area contributed by atoms with Crippen molar-refractivity contribution in [1.29, 1.82) is 0 Å². The highest BCUT2D eigenvalue weighted by Gasteiger charge is 2.41. The summed E-state index contributed by atoms with van der Waals surface area (Å²) in [7, 11) is -3.46. The van der Waals surface area contributed by atoms with Gasteiger partial charge in [0.25, 0.3) is 0 Å². The van der Waals surface area contributed by atoms with Crippen molar-refractivity contribution in [1.82, 2.24) is 0 Å². The van der Waals surface area contributed by atoms with Gasteiger partial charge < -0.3 is 0 Å². The van der Waals surface area contributed by atoms with E-state index in [1.54, 1.807) is 16.0 Å². The molecule has 1 atom stereocenters. The van der Waals surface area contributed by atoms with Crippen molar-refractivity contribution in [2.24, 2.45) is 5.92 Å². The fourth-order valence-corrected chi connectivity index (χ4v) is 10.4. The third kappa shape index (κ3) is 3.07. The summed E-state index contributed by atoms with van der Waals surface area (Å²) in [5.74, 6) is 0.461. The predicted octanol–water partition coefficient (Wildman–Crippen LogP) is 5.27. The first-order valence-corrected chi connectivity index (χ1v) is 15.8. The van der Waals surface area contributed by atoms with Crippen molar-refractivity contribution < 1.29 is 0 Å². The van der Waals surface area contributed by atoms with Crippen LogP contribution in [0.4, 0.5) is 0 Å². The van der Waals surface area contributed by atoms with Gasteiger partial charge in [-0.3, -0.25) is 0 Å². The maximum atomic E-state index is 2.61. The van der Waals surface area contributed by atoms with E-state index in [9.17, 15) is 0 Å². The van der Waals surface area contributed by atoms with Gasteiger partial charge in [0.1, 0.15) is 16.1 Å². The molecule has 0 bridgehead atoms. The Morgan fingerprint density at radius 1 is 0.667 bits per heavy atom. The average molecular weight is 385 g/mol. The summed E-state index contributed by atoms with van der Waals surface area (Å²) in [6.07, 6.45) is 11.9. The lowest BCUT2D eigenvalue weighted by molar-refractivity contribution is 0.982. The number of fused-ring (bicyclic) bond motifs is 1. The first-order chi connectivity index (χ1) is 12.9. The summed E-state index contributed by atoms with van der Waals surface area (Å²) in [5.41, 5.74) is 1.55. The SMILES string of the molecule is C[Si](C)(C1=CC([Si](C)(C)c2ccccc2)=C2C=CC=CC12)c1ccccc1. The Bertz CT molecular complexity index is 958. The molecule has 0 saturated carbocycles. The Balaban J connectivity index is 1.84. The largest absolute Gasteiger partial charge is 0.112 e. The number of rotatable bonds is 4. The molecule has 0 heterocycles. The maximum Gasteiger partial charge on any atom is 0.112 e. The summed E-state index contributed by atoms with van der Waals surface area (Å²) in [5, 5.41) is 6.33. The molecule has 0 saturated heterocycles. The van der Waals surface area contributed by atoms with Crippen LogP contribution in [0.5, 0.6) is 0 Å². The molecule has 2 heteroatoms. The van der Waals surface area contributed by atoms with E-state index in [0.29, 0.717) is 5.92 Å². The fourth-order valence-electron chi connectivity index (χ4n) is 4.54. The smallest absolute Gasteiger partial charge is 0.0733 e.